The Morgan fingerprint density at radius 1 is 1.25 bits per heavy atom. The van der Waals surface area contributed by atoms with Crippen molar-refractivity contribution in [3.05, 3.63) is 33.8 Å². The van der Waals surface area contributed by atoms with Gasteiger partial charge in [0.15, 0.2) is 0 Å². The Labute approximate surface area is 149 Å². The zero-order chi connectivity index (χ0) is 18.3. The Morgan fingerprint density at radius 3 is 2.46 bits per heavy atom. The van der Waals surface area contributed by atoms with Crippen molar-refractivity contribution in [2.45, 2.75) is 18.9 Å². The van der Waals surface area contributed by atoms with Crippen LogP contribution in [-0.2, 0) is 14.3 Å². The van der Waals surface area contributed by atoms with E-state index in [-0.39, 0.29) is 30.2 Å². The minimum Gasteiger partial charge on any atom is -0.481 e. The molecule has 0 bridgehead atoms. The number of ether oxygens (including phenoxy) is 1. The molecular weight excluding hydrogens is 359 g/mol. The molecule has 0 fully saturated rings. The molecule has 1 aromatic rings. The van der Waals surface area contributed by atoms with E-state index < -0.39 is 23.3 Å². The highest BCUT2D eigenvalue weighted by Crippen LogP contribution is 2.22. The number of carbonyl (C=O) groups excluding carboxylic acids is 2. The first-order valence-corrected chi connectivity index (χ1v) is 7.67. The third-order valence-electron chi connectivity index (χ3n) is 3.04. The van der Waals surface area contributed by atoms with Gasteiger partial charge in [0, 0.05) is 12.7 Å². The second-order valence-corrected chi connectivity index (χ2v) is 6.24. The summed E-state index contributed by atoms with van der Waals surface area (Å²) in [7, 11) is 1.40. The van der Waals surface area contributed by atoms with Crippen LogP contribution in [0, 0.1) is 0 Å². The van der Waals surface area contributed by atoms with Crippen LogP contribution in [0.2, 0.25) is 10.0 Å². The normalized spacial score (nSPS) is 13.0. The molecule has 2 amide bonds. The van der Waals surface area contributed by atoms with Crippen molar-refractivity contribution >= 4 is 41.0 Å². The second kappa shape index (κ2) is 8.86. The summed E-state index contributed by atoms with van der Waals surface area (Å²) in [5, 5.41) is 14.4. The SMILES string of the molecule is COCC(C)(CC(=O)O)NC(=O)CNC(=O)c1ccc(Cl)c(Cl)c1. The van der Waals surface area contributed by atoms with Gasteiger partial charge in [-0.3, -0.25) is 14.4 Å². The number of aliphatic carboxylic acids is 1. The molecule has 0 aliphatic carbocycles. The van der Waals surface area contributed by atoms with Crippen molar-refractivity contribution in [3.8, 4) is 0 Å². The molecule has 0 heterocycles. The fourth-order valence-electron chi connectivity index (χ4n) is 2.06. The van der Waals surface area contributed by atoms with E-state index in [0.717, 1.165) is 0 Å². The quantitative estimate of drug-likeness (QED) is 0.640. The van der Waals surface area contributed by atoms with E-state index in [0.29, 0.717) is 5.02 Å². The molecule has 0 radical (unpaired) electrons. The number of rotatable bonds is 8. The lowest BCUT2D eigenvalue weighted by Crippen LogP contribution is -2.53. The fourth-order valence-corrected chi connectivity index (χ4v) is 2.36. The van der Waals surface area contributed by atoms with Gasteiger partial charge in [0.05, 0.1) is 35.2 Å². The average molecular weight is 377 g/mol. The highest BCUT2D eigenvalue weighted by Gasteiger charge is 2.29. The molecule has 1 aromatic carbocycles. The van der Waals surface area contributed by atoms with Crippen LogP contribution in [0.4, 0.5) is 0 Å². The van der Waals surface area contributed by atoms with Gasteiger partial charge in [-0.15, -0.1) is 0 Å². The Morgan fingerprint density at radius 2 is 1.92 bits per heavy atom. The molecule has 0 aliphatic rings. The molecular formula is C15H18Cl2N2O5. The number of carboxylic acid groups (broad SMARTS) is 1. The van der Waals surface area contributed by atoms with Crippen molar-refractivity contribution in [2.75, 3.05) is 20.3 Å². The number of benzene rings is 1. The molecule has 3 N–H and O–H groups in total. The Balaban J connectivity index is 2.62. The summed E-state index contributed by atoms with van der Waals surface area (Å²) in [6, 6.07) is 4.33. The number of hydrogen-bond donors (Lipinski definition) is 3. The van der Waals surface area contributed by atoms with E-state index >= 15 is 0 Å². The molecule has 9 heteroatoms. The molecule has 0 aliphatic heterocycles. The van der Waals surface area contributed by atoms with Crippen molar-refractivity contribution in [3.63, 3.8) is 0 Å². The summed E-state index contributed by atoms with van der Waals surface area (Å²) >= 11 is 11.6. The lowest BCUT2D eigenvalue weighted by Gasteiger charge is -2.28. The first-order valence-electron chi connectivity index (χ1n) is 6.92. The van der Waals surface area contributed by atoms with Crippen molar-refractivity contribution < 1.29 is 24.2 Å². The maximum Gasteiger partial charge on any atom is 0.305 e. The van der Waals surface area contributed by atoms with Gasteiger partial charge in [0.1, 0.15) is 0 Å². The Hall–Kier alpha value is -1.83. The van der Waals surface area contributed by atoms with E-state index in [2.05, 4.69) is 10.6 Å². The van der Waals surface area contributed by atoms with Gasteiger partial charge in [0.2, 0.25) is 5.91 Å². The van der Waals surface area contributed by atoms with E-state index in [4.69, 9.17) is 33.0 Å². The van der Waals surface area contributed by atoms with E-state index in [1.165, 1.54) is 25.3 Å². The highest BCUT2D eigenvalue weighted by atomic mass is 35.5. The predicted octanol–water partition coefficient (Wildman–Crippen LogP) is 1.72. The topological polar surface area (TPSA) is 105 Å². The van der Waals surface area contributed by atoms with Crippen LogP contribution < -0.4 is 10.6 Å². The molecule has 0 spiro atoms. The minimum atomic E-state index is -1.08. The molecule has 1 atom stereocenters. The molecule has 1 unspecified atom stereocenters. The minimum absolute atomic E-state index is 0.0196. The number of halogens is 2. The Bertz CT molecular complexity index is 638. The number of hydrogen-bond acceptors (Lipinski definition) is 4. The molecule has 1 rings (SSSR count). The zero-order valence-electron chi connectivity index (χ0n) is 13.2. The summed E-state index contributed by atoms with van der Waals surface area (Å²) in [4.78, 5) is 34.8. The van der Waals surface area contributed by atoms with E-state index in [1.54, 1.807) is 6.92 Å². The monoisotopic (exact) mass is 376 g/mol. The van der Waals surface area contributed by atoms with Gasteiger partial charge >= 0.3 is 5.97 Å². The first-order chi connectivity index (χ1) is 11.2. The van der Waals surface area contributed by atoms with E-state index in [1.807, 2.05) is 0 Å². The Kier molecular flexibility index (Phi) is 7.47. The lowest BCUT2D eigenvalue weighted by atomic mass is 9.99. The van der Waals surface area contributed by atoms with Gasteiger partial charge in [-0.05, 0) is 25.1 Å². The molecule has 0 aromatic heterocycles. The van der Waals surface area contributed by atoms with Crippen LogP contribution in [0.3, 0.4) is 0 Å². The maximum atomic E-state index is 12.0. The summed E-state index contributed by atoms with van der Waals surface area (Å²) in [6.45, 7) is 1.24. The number of nitrogens with one attached hydrogen (secondary N) is 2. The van der Waals surface area contributed by atoms with Crippen LogP contribution in [0.1, 0.15) is 23.7 Å². The summed E-state index contributed by atoms with van der Waals surface area (Å²) in [5.41, 5.74) is -0.825. The second-order valence-electron chi connectivity index (χ2n) is 5.42. The van der Waals surface area contributed by atoms with Crippen LogP contribution in [0.5, 0.6) is 0 Å². The zero-order valence-corrected chi connectivity index (χ0v) is 14.7. The molecule has 0 saturated carbocycles. The summed E-state index contributed by atoms with van der Waals surface area (Å²) < 4.78 is 4.94. The largest absolute Gasteiger partial charge is 0.481 e. The fraction of sp³-hybridized carbons (Fsp3) is 0.400. The molecule has 0 saturated heterocycles. The standard InChI is InChI=1S/C15H18Cl2N2O5/c1-15(8-24-2,6-13(21)22)19-12(20)7-18-14(23)9-3-4-10(16)11(17)5-9/h3-5H,6-8H2,1-2H3,(H,18,23)(H,19,20)(H,21,22). The van der Waals surface area contributed by atoms with Gasteiger partial charge in [-0.25, -0.2) is 0 Å². The maximum absolute atomic E-state index is 12.0. The summed E-state index contributed by atoms with van der Waals surface area (Å²) in [5.74, 6) is -2.12. The third kappa shape index (κ3) is 6.35. The van der Waals surface area contributed by atoms with Crippen LogP contribution >= 0.6 is 23.2 Å². The van der Waals surface area contributed by atoms with Crippen LogP contribution in [-0.4, -0.2) is 48.7 Å². The number of carbonyl (C=O) groups is 3. The number of methoxy groups -OCH3 is 1. The first kappa shape index (κ1) is 20.2. The van der Waals surface area contributed by atoms with Crippen molar-refractivity contribution in [1.29, 1.82) is 0 Å². The van der Waals surface area contributed by atoms with Gasteiger partial charge in [-0.2, -0.15) is 0 Å². The highest BCUT2D eigenvalue weighted by molar-refractivity contribution is 6.42. The number of carboxylic acids is 1. The molecule has 132 valence electrons. The van der Waals surface area contributed by atoms with Crippen molar-refractivity contribution in [1.82, 2.24) is 10.6 Å². The van der Waals surface area contributed by atoms with Gasteiger partial charge < -0.3 is 20.5 Å². The smallest absolute Gasteiger partial charge is 0.305 e. The lowest BCUT2D eigenvalue weighted by molar-refractivity contribution is -0.139. The number of amides is 2. The van der Waals surface area contributed by atoms with Crippen LogP contribution in [0.25, 0.3) is 0 Å². The average Bonchev–Trinajstić information content (AvgIpc) is 2.46. The van der Waals surface area contributed by atoms with Crippen molar-refractivity contribution in [2.24, 2.45) is 0 Å². The molecule has 24 heavy (non-hydrogen) atoms. The van der Waals surface area contributed by atoms with E-state index in [9.17, 15) is 14.4 Å². The molecule has 7 nitrogen and oxygen atoms in total. The van der Waals surface area contributed by atoms with Gasteiger partial charge in [0.25, 0.3) is 5.91 Å². The van der Waals surface area contributed by atoms with Crippen LogP contribution in [0.15, 0.2) is 18.2 Å². The summed E-state index contributed by atoms with van der Waals surface area (Å²) in [6.07, 6.45) is -0.312. The predicted molar refractivity (Wildman–Crippen MR) is 89.5 cm³/mol. The van der Waals surface area contributed by atoms with Gasteiger partial charge in [-0.1, -0.05) is 23.2 Å². The third-order valence-corrected chi connectivity index (χ3v) is 3.78.